The molecule has 0 unspecified atom stereocenters. The van der Waals surface area contributed by atoms with Gasteiger partial charge >= 0.3 is 0 Å². The minimum absolute atomic E-state index is 0.228. The summed E-state index contributed by atoms with van der Waals surface area (Å²) >= 11 is 0. The van der Waals surface area contributed by atoms with Crippen molar-refractivity contribution >= 4 is 20.8 Å². The molecule has 0 heterocycles. The van der Waals surface area contributed by atoms with Crippen molar-refractivity contribution in [3.63, 3.8) is 0 Å². The summed E-state index contributed by atoms with van der Waals surface area (Å²) in [5, 5.41) is 2.23. The maximum Gasteiger partial charge on any atom is 0.240 e. The van der Waals surface area contributed by atoms with Crippen molar-refractivity contribution in [1.29, 1.82) is 0 Å². The van der Waals surface area contributed by atoms with Crippen LogP contribution in [0.1, 0.15) is 12.5 Å². The molecule has 0 saturated heterocycles. The van der Waals surface area contributed by atoms with Gasteiger partial charge in [-0.05, 0) is 53.6 Å². The zero-order valence-corrected chi connectivity index (χ0v) is 14.2. The molecule has 0 aliphatic carbocycles. The number of fused-ring (bicyclic) bond motifs is 1. The SMILES string of the molecule is CCOc1ccc(S(=O)(=O)NCc2ccc3ccccc3c2)cc1. The third-order valence-electron chi connectivity index (χ3n) is 3.73. The summed E-state index contributed by atoms with van der Waals surface area (Å²) in [7, 11) is -3.55. The molecule has 0 spiro atoms. The molecule has 0 amide bonds. The van der Waals surface area contributed by atoms with E-state index in [2.05, 4.69) is 4.72 Å². The van der Waals surface area contributed by atoms with Gasteiger partial charge in [0.25, 0.3) is 0 Å². The number of rotatable bonds is 6. The average Bonchev–Trinajstić information content (AvgIpc) is 2.61. The van der Waals surface area contributed by atoms with E-state index in [9.17, 15) is 8.42 Å². The Hall–Kier alpha value is -2.37. The van der Waals surface area contributed by atoms with E-state index in [-0.39, 0.29) is 11.4 Å². The number of hydrogen-bond donors (Lipinski definition) is 1. The maximum atomic E-state index is 12.4. The molecule has 24 heavy (non-hydrogen) atoms. The fourth-order valence-electron chi connectivity index (χ4n) is 2.49. The van der Waals surface area contributed by atoms with Crippen LogP contribution >= 0.6 is 0 Å². The Balaban J connectivity index is 1.73. The van der Waals surface area contributed by atoms with Gasteiger partial charge in [-0.1, -0.05) is 36.4 Å². The van der Waals surface area contributed by atoms with Crippen LogP contribution in [0, 0.1) is 0 Å². The van der Waals surface area contributed by atoms with Gasteiger partial charge in [-0.25, -0.2) is 13.1 Å². The Kier molecular flexibility index (Phi) is 4.83. The quantitative estimate of drug-likeness (QED) is 0.743. The highest BCUT2D eigenvalue weighted by Gasteiger charge is 2.13. The van der Waals surface area contributed by atoms with Crippen molar-refractivity contribution in [2.45, 2.75) is 18.4 Å². The van der Waals surface area contributed by atoms with E-state index in [1.807, 2.05) is 49.4 Å². The van der Waals surface area contributed by atoms with Crippen molar-refractivity contribution in [1.82, 2.24) is 4.72 Å². The zero-order valence-electron chi connectivity index (χ0n) is 13.4. The van der Waals surface area contributed by atoms with Gasteiger partial charge in [-0.2, -0.15) is 0 Å². The second-order valence-electron chi connectivity index (χ2n) is 5.41. The van der Waals surface area contributed by atoms with Crippen LogP contribution in [0.3, 0.4) is 0 Å². The Morgan fingerprint density at radius 2 is 1.62 bits per heavy atom. The molecule has 1 N–H and O–H groups in total. The number of nitrogens with one attached hydrogen (secondary N) is 1. The van der Waals surface area contributed by atoms with Crippen LogP contribution in [-0.2, 0) is 16.6 Å². The smallest absolute Gasteiger partial charge is 0.240 e. The van der Waals surface area contributed by atoms with Gasteiger partial charge < -0.3 is 4.74 Å². The third kappa shape index (κ3) is 3.75. The van der Waals surface area contributed by atoms with Crippen molar-refractivity contribution in [3.8, 4) is 5.75 Å². The molecular formula is C19H19NO3S. The lowest BCUT2D eigenvalue weighted by Gasteiger charge is -2.09. The molecule has 0 aliphatic heterocycles. The molecule has 5 heteroatoms. The lowest BCUT2D eigenvalue weighted by atomic mass is 10.1. The Morgan fingerprint density at radius 1 is 0.917 bits per heavy atom. The van der Waals surface area contributed by atoms with E-state index in [4.69, 9.17) is 4.74 Å². The normalized spacial score (nSPS) is 11.5. The monoisotopic (exact) mass is 341 g/mol. The molecule has 124 valence electrons. The largest absolute Gasteiger partial charge is 0.494 e. The molecule has 0 fully saturated rings. The van der Waals surface area contributed by atoms with Crippen LogP contribution in [0.4, 0.5) is 0 Å². The Morgan fingerprint density at radius 3 is 2.33 bits per heavy atom. The van der Waals surface area contributed by atoms with Gasteiger partial charge in [0.15, 0.2) is 0 Å². The summed E-state index contributed by atoms with van der Waals surface area (Å²) in [5.74, 6) is 0.658. The van der Waals surface area contributed by atoms with Crippen LogP contribution in [0.15, 0.2) is 71.6 Å². The molecule has 0 radical (unpaired) electrons. The topological polar surface area (TPSA) is 55.4 Å². The molecule has 0 aromatic heterocycles. The zero-order chi connectivity index (χ0) is 17.0. The van der Waals surface area contributed by atoms with Crippen molar-refractivity contribution in [3.05, 3.63) is 72.3 Å². The van der Waals surface area contributed by atoms with Gasteiger partial charge in [-0.15, -0.1) is 0 Å². The average molecular weight is 341 g/mol. The first-order valence-corrected chi connectivity index (χ1v) is 9.27. The Bertz CT molecular complexity index is 934. The number of benzene rings is 3. The predicted octanol–water partition coefficient (Wildman–Crippen LogP) is 3.72. The van der Waals surface area contributed by atoms with Crippen LogP contribution < -0.4 is 9.46 Å². The summed E-state index contributed by atoms with van der Waals surface area (Å²) < 4.78 is 32.7. The second kappa shape index (κ2) is 7.03. The molecule has 3 rings (SSSR count). The first-order valence-electron chi connectivity index (χ1n) is 7.79. The minimum Gasteiger partial charge on any atom is -0.494 e. The van der Waals surface area contributed by atoms with Gasteiger partial charge in [0.2, 0.25) is 10.0 Å². The Labute approximate surface area is 142 Å². The molecule has 3 aromatic rings. The van der Waals surface area contributed by atoms with Crippen LogP contribution in [-0.4, -0.2) is 15.0 Å². The highest BCUT2D eigenvalue weighted by atomic mass is 32.2. The van der Waals surface area contributed by atoms with E-state index >= 15 is 0 Å². The van der Waals surface area contributed by atoms with Crippen molar-refractivity contribution < 1.29 is 13.2 Å². The fraction of sp³-hybridized carbons (Fsp3) is 0.158. The van der Waals surface area contributed by atoms with E-state index in [0.717, 1.165) is 16.3 Å². The number of hydrogen-bond acceptors (Lipinski definition) is 3. The van der Waals surface area contributed by atoms with E-state index in [1.54, 1.807) is 24.3 Å². The first-order chi connectivity index (χ1) is 11.6. The molecule has 0 atom stereocenters. The standard InChI is InChI=1S/C19H19NO3S/c1-2-23-18-9-11-19(12-10-18)24(21,22)20-14-15-7-8-16-5-3-4-6-17(16)13-15/h3-13,20H,2,14H2,1H3. The summed E-state index contributed by atoms with van der Waals surface area (Å²) in [6.45, 7) is 2.68. The summed E-state index contributed by atoms with van der Waals surface area (Å²) in [5.41, 5.74) is 0.920. The summed E-state index contributed by atoms with van der Waals surface area (Å²) in [6, 6.07) is 20.3. The number of ether oxygens (including phenoxy) is 1. The van der Waals surface area contributed by atoms with Gasteiger partial charge in [-0.3, -0.25) is 0 Å². The van der Waals surface area contributed by atoms with Crippen molar-refractivity contribution in [2.75, 3.05) is 6.61 Å². The molecule has 3 aromatic carbocycles. The van der Waals surface area contributed by atoms with Crippen LogP contribution in [0.5, 0.6) is 5.75 Å². The lowest BCUT2D eigenvalue weighted by molar-refractivity contribution is 0.340. The van der Waals surface area contributed by atoms with E-state index < -0.39 is 10.0 Å². The first kappa shape index (κ1) is 16.5. The second-order valence-corrected chi connectivity index (χ2v) is 7.18. The maximum absolute atomic E-state index is 12.4. The van der Waals surface area contributed by atoms with Crippen molar-refractivity contribution in [2.24, 2.45) is 0 Å². The van der Waals surface area contributed by atoms with E-state index in [1.165, 1.54) is 0 Å². The predicted molar refractivity (Wildman–Crippen MR) is 95.6 cm³/mol. The summed E-state index contributed by atoms with van der Waals surface area (Å²) in [4.78, 5) is 0.228. The van der Waals surface area contributed by atoms with Crippen LogP contribution in [0.2, 0.25) is 0 Å². The molecular weight excluding hydrogens is 322 g/mol. The third-order valence-corrected chi connectivity index (χ3v) is 5.14. The van der Waals surface area contributed by atoms with Gasteiger partial charge in [0.1, 0.15) is 5.75 Å². The van der Waals surface area contributed by atoms with Gasteiger partial charge in [0.05, 0.1) is 11.5 Å². The fourth-order valence-corrected chi connectivity index (χ4v) is 3.51. The highest BCUT2D eigenvalue weighted by Crippen LogP contribution is 2.18. The van der Waals surface area contributed by atoms with E-state index in [0.29, 0.717) is 12.4 Å². The van der Waals surface area contributed by atoms with Gasteiger partial charge in [0, 0.05) is 6.54 Å². The molecule has 0 aliphatic rings. The number of sulfonamides is 1. The lowest BCUT2D eigenvalue weighted by Crippen LogP contribution is -2.23. The molecule has 0 bridgehead atoms. The summed E-state index contributed by atoms with van der Waals surface area (Å²) in [6.07, 6.45) is 0. The van der Waals surface area contributed by atoms with Crippen LogP contribution in [0.25, 0.3) is 10.8 Å². The molecule has 0 saturated carbocycles. The highest BCUT2D eigenvalue weighted by molar-refractivity contribution is 7.89. The minimum atomic E-state index is -3.55. The molecule has 4 nitrogen and oxygen atoms in total.